The van der Waals surface area contributed by atoms with Crippen LogP contribution >= 0.6 is 15.9 Å². The molecule has 7 heteroatoms. The van der Waals surface area contributed by atoms with E-state index in [4.69, 9.17) is 4.74 Å². The molecule has 30 heavy (non-hydrogen) atoms. The summed E-state index contributed by atoms with van der Waals surface area (Å²) in [6, 6.07) is 19.4. The van der Waals surface area contributed by atoms with Gasteiger partial charge in [0, 0.05) is 28.0 Å². The topological polar surface area (TPSA) is 62.5 Å². The van der Waals surface area contributed by atoms with Crippen LogP contribution in [-0.4, -0.2) is 18.4 Å². The number of aromatic nitrogens is 1. The van der Waals surface area contributed by atoms with E-state index in [1.54, 1.807) is 29.2 Å². The highest BCUT2D eigenvalue weighted by Crippen LogP contribution is 2.31. The van der Waals surface area contributed by atoms with Gasteiger partial charge < -0.3 is 10.1 Å². The quantitative estimate of drug-likeness (QED) is 0.580. The molecule has 2 amide bonds. The van der Waals surface area contributed by atoms with Gasteiger partial charge in [0.25, 0.3) is 11.8 Å². The van der Waals surface area contributed by atoms with E-state index >= 15 is 0 Å². The van der Waals surface area contributed by atoms with Crippen LogP contribution < -0.4 is 19.5 Å². The molecule has 2 aromatic carbocycles. The SMILES string of the molecule is CCOc1ccc(NC(=O)[C@H]2c3cccc[n+]3CC(=O)N2c2ccc(Br)cc2)cc1. The summed E-state index contributed by atoms with van der Waals surface area (Å²) in [6.45, 7) is 2.67. The lowest BCUT2D eigenvalue weighted by atomic mass is 10.0. The number of anilines is 2. The van der Waals surface area contributed by atoms with E-state index in [0.29, 0.717) is 18.0 Å². The zero-order valence-electron chi connectivity index (χ0n) is 16.4. The van der Waals surface area contributed by atoms with E-state index in [1.807, 2.05) is 60.2 Å². The summed E-state index contributed by atoms with van der Waals surface area (Å²) < 4.78 is 8.18. The Morgan fingerprint density at radius 1 is 1.13 bits per heavy atom. The van der Waals surface area contributed by atoms with Crippen LogP contribution in [0.4, 0.5) is 11.4 Å². The van der Waals surface area contributed by atoms with Crippen LogP contribution in [0.25, 0.3) is 0 Å². The molecule has 0 spiro atoms. The molecule has 1 atom stereocenters. The lowest BCUT2D eigenvalue weighted by molar-refractivity contribution is -0.695. The van der Waals surface area contributed by atoms with Crippen LogP contribution in [0, 0.1) is 0 Å². The van der Waals surface area contributed by atoms with E-state index in [2.05, 4.69) is 21.2 Å². The van der Waals surface area contributed by atoms with Gasteiger partial charge in [-0.3, -0.25) is 14.5 Å². The number of halogens is 1. The molecular weight excluding hydrogens is 446 g/mol. The second kappa shape index (κ2) is 8.67. The van der Waals surface area contributed by atoms with Crippen molar-refractivity contribution >= 4 is 39.1 Å². The Hall–Kier alpha value is -3.19. The molecule has 2 heterocycles. The van der Waals surface area contributed by atoms with Gasteiger partial charge in [-0.05, 0) is 55.5 Å². The molecule has 1 aliphatic heterocycles. The maximum atomic E-state index is 13.4. The van der Waals surface area contributed by atoms with Crippen LogP contribution in [0.3, 0.4) is 0 Å². The van der Waals surface area contributed by atoms with E-state index < -0.39 is 6.04 Å². The number of hydrogen-bond donors (Lipinski definition) is 1. The van der Waals surface area contributed by atoms with Gasteiger partial charge in [-0.15, -0.1) is 0 Å². The number of carbonyl (C=O) groups excluding carboxylic acids is 2. The van der Waals surface area contributed by atoms with Gasteiger partial charge in [0.05, 0.1) is 6.61 Å². The zero-order chi connectivity index (χ0) is 21.1. The molecule has 1 aromatic heterocycles. The van der Waals surface area contributed by atoms with Gasteiger partial charge in [0.2, 0.25) is 18.3 Å². The summed E-state index contributed by atoms with van der Waals surface area (Å²) in [6.07, 6.45) is 1.82. The fraction of sp³-hybridized carbons (Fsp3) is 0.174. The van der Waals surface area contributed by atoms with E-state index in [0.717, 1.165) is 15.9 Å². The fourth-order valence-electron chi connectivity index (χ4n) is 3.54. The number of hydrogen-bond acceptors (Lipinski definition) is 3. The number of nitrogens with zero attached hydrogens (tertiary/aromatic N) is 2. The number of carbonyl (C=O) groups is 2. The third-order valence-corrected chi connectivity index (χ3v) is 5.40. The van der Waals surface area contributed by atoms with Gasteiger partial charge in [-0.1, -0.05) is 22.0 Å². The van der Waals surface area contributed by atoms with Gasteiger partial charge in [-0.25, -0.2) is 0 Å². The van der Waals surface area contributed by atoms with Crippen molar-refractivity contribution in [3.63, 3.8) is 0 Å². The van der Waals surface area contributed by atoms with Crippen LogP contribution in [0.5, 0.6) is 5.75 Å². The van der Waals surface area contributed by atoms with E-state index in [-0.39, 0.29) is 18.4 Å². The molecule has 0 fully saturated rings. The minimum atomic E-state index is -0.791. The Kier molecular flexibility index (Phi) is 5.81. The monoisotopic (exact) mass is 466 g/mol. The Labute approximate surface area is 183 Å². The number of amides is 2. The molecule has 0 bridgehead atoms. The van der Waals surface area contributed by atoms with Crippen molar-refractivity contribution in [2.24, 2.45) is 0 Å². The minimum Gasteiger partial charge on any atom is -0.494 e. The van der Waals surface area contributed by atoms with Crippen LogP contribution in [-0.2, 0) is 16.1 Å². The summed E-state index contributed by atoms with van der Waals surface area (Å²) in [5.41, 5.74) is 2.06. The number of benzene rings is 2. The second-order valence-electron chi connectivity index (χ2n) is 6.84. The highest BCUT2D eigenvalue weighted by atomic mass is 79.9. The first-order valence-corrected chi connectivity index (χ1v) is 10.5. The maximum Gasteiger partial charge on any atom is 0.294 e. The maximum absolute atomic E-state index is 13.4. The number of rotatable bonds is 5. The lowest BCUT2D eigenvalue weighted by Gasteiger charge is -2.32. The Bertz CT molecular complexity index is 1070. The summed E-state index contributed by atoms with van der Waals surface area (Å²) in [4.78, 5) is 28.0. The van der Waals surface area contributed by atoms with E-state index in [1.165, 1.54) is 0 Å². The number of fused-ring (bicyclic) bond motifs is 1. The second-order valence-corrected chi connectivity index (χ2v) is 7.76. The predicted molar refractivity (Wildman–Crippen MR) is 117 cm³/mol. The third-order valence-electron chi connectivity index (χ3n) is 4.87. The minimum absolute atomic E-state index is 0.145. The average Bonchev–Trinajstić information content (AvgIpc) is 2.75. The molecule has 1 aliphatic rings. The molecule has 0 saturated heterocycles. The average molecular weight is 467 g/mol. The standard InChI is InChI=1S/C23H20BrN3O3/c1-2-30-19-12-8-17(9-13-19)25-23(29)22-20-5-3-4-14-26(20)15-21(28)27(22)18-10-6-16(24)7-11-18/h3-14,22H,2,15H2,1H3/p+1/t22-/m1/s1. The highest BCUT2D eigenvalue weighted by molar-refractivity contribution is 9.10. The first-order valence-electron chi connectivity index (χ1n) is 9.66. The molecular formula is C23H21BrN3O3+. The van der Waals surface area contributed by atoms with Crippen molar-refractivity contribution < 1.29 is 18.9 Å². The molecule has 1 N–H and O–H groups in total. The van der Waals surface area contributed by atoms with Crippen molar-refractivity contribution in [2.45, 2.75) is 19.5 Å². The highest BCUT2D eigenvalue weighted by Gasteiger charge is 2.43. The number of pyridine rings is 1. The third kappa shape index (κ3) is 4.07. The van der Waals surface area contributed by atoms with Gasteiger partial charge in [-0.2, -0.15) is 4.57 Å². The summed E-state index contributed by atoms with van der Waals surface area (Å²) in [5, 5.41) is 2.94. The van der Waals surface area contributed by atoms with E-state index in [9.17, 15) is 9.59 Å². The largest absolute Gasteiger partial charge is 0.494 e. The van der Waals surface area contributed by atoms with Crippen LogP contribution in [0.15, 0.2) is 77.4 Å². The molecule has 152 valence electrons. The van der Waals surface area contributed by atoms with Crippen molar-refractivity contribution in [3.05, 3.63) is 83.1 Å². The molecule has 6 nitrogen and oxygen atoms in total. The molecule has 0 aliphatic carbocycles. The van der Waals surface area contributed by atoms with Crippen LogP contribution in [0.1, 0.15) is 18.7 Å². The number of ether oxygens (including phenoxy) is 1. The van der Waals surface area contributed by atoms with Crippen molar-refractivity contribution in [1.29, 1.82) is 0 Å². The molecule has 0 unspecified atom stereocenters. The van der Waals surface area contributed by atoms with Crippen LogP contribution in [0.2, 0.25) is 0 Å². The normalized spacial score (nSPS) is 15.5. The first-order chi connectivity index (χ1) is 14.6. The number of nitrogens with one attached hydrogen (secondary N) is 1. The predicted octanol–water partition coefficient (Wildman–Crippen LogP) is 3.86. The molecule has 3 aromatic rings. The first kappa shape index (κ1) is 20.1. The summed E-state index contributed by atoms with van der Waals surface area (Å²) in [5.74, 6) is 0.309. The Morgan fingerprint density at radius 3 is 2.57 bits per heavy atom. The van der Waals surface area contributed by atoms with Crippen molar-refractivity contribution in [2.75, 3.05) is 16.8 Å². The van der Waals surface area contributed by atoms with Crippen molar-refractivity contribution in [3.8, 4) is 5.75 Å². The molecule has 0 radical (unpaired) electrons. The zero-order valence-corrected chi connectivity index (χ0v) is 18.0. The van der Waals surface area contributed by atoms with Gasteiger partial charge >= 0.3 is 0 Å². The Morgan fingerprint density at radius 2 is 1.87 bits per heavy atom. The van der Waals surface area contributed by atoms with Crippen molar-refractivity contribution in [1.82, 2.24) is 0 Å². The molecule has 4 rings (SSSR count). The smallest absolute Gasteiger partial charge is 0.294 e. The van der Waals surface area contributed by atoms with Gasteiger partial charge in [0.1, 0.15) is 5.75 Å². The lowest BCUT2D eigenvalue weighted by Crippen LogP contribution is -2.58. The van der Waals surface area contributed by atoms with Gasteiger partial charge in [0.15, 0.2) is 6.20 Å². The fourth-order valence-corrected chi connectivity index (χ4v) is 3.80. The molecule has 0 saturated carbocycles. The summed E-state index contributed by atoms with van der Waals surface area (Å²) in [7, 11) is 0. The Balaban J connectivity index is 1.69. The summed E-state index contributed by atoms with van der Waals surface area (Å²) >= 11 is 3.42.